The molecule has 0 saturated carbocycles. The molecule has 0 aliphatic rings. The molecule has 0 amide bonds. The fourth-order valence-corrected chi connectivity index (χ4v) is 4.52. The van der Waals surface area contributed by atoms with Crippen LogP contribution in [0, 0.1) is 6.92 Å². The first-order chi connectivity index (χ1) is 12.5. The Labute approximate surface area is 155 Å². The fraction of sp³-hybridized carbons (Fsp3) is 0.188. The number of nitrogens with two attached hydrogens (primary N) is 1. The highest BCUT2D eigenvalue weighted by Crippen LogP contribution is 2.25. The van der Waals surface area contributed by atoms with Crippen LogP contribution in [0.2, 0.25) is 0 Å². The fourth-order valence-electron chi connectivity index (χ4n) is 2.71. The summed E-state index contributed by atoms with van der Waals surface area (Å²) in [6.07, 6.45) is 0. The number of rotatable bonds is 5. The zero-order chi connectivity index (χ0) is 20.0. The zero-order valence-electron chi connectivity index (χ0n) is 14.5. The molecule has 3 rings (SSSR count). The summed E-state index contributed by atoms with van der Waals surface area (Å²) >= 11 is 0. The van der Waals surface area contributed by atoms with Crippen molar-refractivity contribution in [2.45, 2.75) is 30.2 Å². The highest BCUT2D eigenvalue weighted by atomic mass is 32.2. The Kier molecular flexibility index (Phi) is 4.62. The Bertz CT molecular complexity index is 1290. The van der Waals surface area contributed by atoms with Gasteiger partial charge in [-0.1, -0.05) is 0 Å². The quantitative estimate of drug-likeness (QED) is 0.649. The summed E-state index contributed by atoms with van der Waals surface area (Å²) in [4.78, 5) is 11.6. The van der Waals surface area contributed by atoms with E-state index in [-0.39, 0.29) is 21.1 Å². The molecule has 144 valence electrons. The molecule has 0 atom stereocenters. The SMILES string of the molecule is CCn1c(=O)oc2cc(S(=O)(=O)Nc3ccc(S(N)(=O)=O)cc3)c(C)cc21. The van der Waals surface area contributed by atoms with Gasteiger partial charge in [-0.05, 0) is 49.7 Å². The number of nitrogens with zero attached hydrogens (tertiary/aromatic N) is 1. The number of anilines is 1. The standard InChI is InChI=1S/C16H17N3O6S2/c1-3-19-13-8-10(2)15(9-14(13)25-16(19)20)27(23,24)18-11-4-6-12(7-5-11)26(17,21)22/h4-9,18H,3H2,1-2H3,(H2,17,21,22). The molecule has 11 heteroatoms. The average Bonchev–Trinajstić information content (AvgIpc) is 2.87. The number of hydrogen-bond donors (Lipinski definition) is 2. The highest BCUT2D eigenvalue weighted by molar-refractivity contribution is 7.92. The van der Waals surface area contributed by atoms with Crippen LogP contribution >= 0.6 is 0 Å². The molecular weight excluding hydrogens is 394 g/mol. The van der Waals surface area contributed by atoms with Crippen molar-refractivity contribution in [3.8, 4) is 0 Å². The number of primary sulfonamides is 1. The first-order valence-electron chi connectivity index (χ1n) is 7.82. The van der Waals surface area contributed by atoms with Crippen LogP contribution in [-0.2, 0) is 26.6 Å². The maximum absolute atomic E-state index is 12.7. The van der Waals surface area contributed by atoms with Crippen LogP contribution in [0.1, 0.15) is 12.5 Å². The maximum Gasteiger partial charge on any atom is 0.419 e. The van der Waals surface area contributed by atoms with E-state index in [1.807, 2.05) is 0 Å². The van der Waals surface area contributed by atoms with Gasteiger partial charge in [-0.3, -0.25) is 9.29 Å². The largest absolute Gasteiger partial charge is 0.419 e. The van der Waals surface area contributed by atoms with Crippen LogP contribution in [-0.4, -0.2) is 21.4 Å². The molecular formula is C16H17N3O6S2. The van der Waals surface area contributed by atoms with E-state index in [2.05, 4.69) is 4.72 Å². The van der Waals surface area contributed by atoms with Gasteiger partial charge in [-0.2, -0.15) is 0 Å². The number of sulfonamides is 2. The topological polar surface area (TPSA) is 141 Å². The summed E-state index contributed by atoms with van der Waals surface area (Å²) < 4.78 is 56.9. The normalized spacial score (nSPS) is 12.4. The lowest BCUT2D eigenvalue weighted by molar-refractivity contribution is 0.512. The van der Waals surface area contributed by atoms with Gasteiger partial charge in [0.05, 0.1) is 15.3 Å². The Hall–Kier alpha value is -2.63. The van der Waals surface area contributed by atoms with Gasteiger partial charge in [0.2, 0.25) is 10.0 Å². The van der Waals surface area contributed by atoms with E-state index in [0.29, 0.717) is 17.6 Å². The number of fused-ring (bicyclic) bond motifs is 1. The van der Waals surface area contributed by atoms with E-state index < -0.39 is 25.8 Å². The zero-order valence-corrected chi connectivity index (χ0v) is 16.1. The minimum absolute atomic E-state index is 0.0532. The summed E-state index contributed by atoms with van der Waals surface area (Å²) in [5.41, 5.74) is 1.27. The van der Waals surface area contributed by atoms with Crippen LogP contribution < -0.4 is 15.6 Å². The Morgan fingerprint density at radius 2 is 1.74 bits per heavy atom. The van der Waals surface area contributed by atoms with Crippen LogP contribution in [0.4, 0.5) is 5.69 Å². The molecule has 0 fully saturated rings. The van der Waals surface area contributed by atoms with Crippen LogP contribution in [0.5, 0.6) is 0 Å². The van der Waals surface area contributed by atoms with Crippen molar-refractivity contribution < 1.29 is 21.3 Å². The third kappa shape index (κ3) is 3.61. The lowest BCUT2D eigenvalue weighted by Crippen LogP contribution is -2.15. The van der Waals surface area contributed by atoms with Gasteiger partial charge >= 0.3 is 5.76 Å². The summed E-state index contributed by atoms with van der Waals surface area (Å²) in [5, 5.41) is 5.02. The first kappa shape index (κ1) is 19.1. The molecule has 0 bridgehead atoms. The monoisotopic (exact) mass is 411 g/mol. The van der Waals surface area contributed by atoms with Crippen molar-refractivity contribution in [3.05, 3.63) is 52.5 Å². The molecule has 27 heavy (non-hydrogen) atoms. The highest BCUT2D eigenvalue weighted by Gasteiger charge is 2.21. The summed E-state index contributed by atoms with van der Waals surface area (Å²) in [5.74, 6) is -0.562. The summed E-state index contributed by atoms with van der Waals surface area (Å²) in [6.45, 7) is 3.78. The van der Waals surface area contributed by atoms with Gasteiger partial charge in [0.15, 0.2) is 5.58 Å². The molecule has 3 N–H and O–H groups in total. The van der Waals surface area contributed by atoms with E-state index in [9.17, 15) is 21.6 Å². The lowest BCUT2D eigenvalue weighted by atomic mass is 10.2. The van der Waals surface area contributed by atoms with Crippen molar-refractivity contribution in [2.24, 2.45) is 5.14 Å². The number of hydrogen-bond acceptors (Lipinski definition) is 6. The Morgan fingerprint density at radius 3 is 2.30 bits per heavy atom. The maximum atomic E-state index is 12.7. The van der Waals surface area contributed by atoms with Crippen molar-refractivity contribution in [3.63, 3.8) is 0 Å². The molecule has 9 nitrogen and oxygen atoms in total. The van der Waals surface area contributed by atoms with E-state index >= 15 is 0 Å². The Balaban J connectivity index is 2.02. The Morgan fingerprint density at radius 1 is 1.11 bits per heavy atom. The molecule has 2 aromatic carbocycles. The molecule has 3 aromatic rings. The van der Waals surface area contributed by atoms with E-state index in [0.717, 1.165) is 0 Å². The van der Waals surface area contributed by atoms with Gasteiger partial charge in [0, 0.05) is 18.3 Å². The second kappa shape index (κ2) is 6.51. The molecule has 0 aliphatic heterocycles. The average molecular weight is 411 g/mol. The molecule has 0 unspecified atom stereocenters. The van der Waals surface area contributed by atoms with Crippen molar-refractivity contribution in [2.75, 3.05) is 4.72 Å². The number of benzene rings is 2. The van der Waals surface area contributed by atoms with Crippen molar-refractivity contribution >= 4 is 36.8 Å². The second-order valence-electron chi connectivity index (χ2n) is 5.87. The van der Waals surface area contributed by atoms with Crippen molar-refractivity contribution in [1.82, 2.24) is 4.57 Å². The number of aromatic nitrogens is 1. The molecule has 0 aliphatic carbocycles. The van der Waals surface area contributed by atoms with Gasteiger partial charge in [-0.25, -0.2) is 26.8 Å². The third-order valence-corrected chi connectivity index (χ3v) is 6.46. The van der Waals surface area contributed by atoms with Gasteiger partial charge in [0.25, 0.3) is 10.0 Å². The van der Waals surface area contributed by atoms with Gasteiger partial charge < -0.3 is 4.42 Å². The number of oxazole rings is 1. The third-order valence-electron chi connectivity index (χ3n) is 4.01. The first-order valence-corrected chi connectivity index (χ1v) is 10.9. The minimum atomic E-state index is -4.00. The van der Waals surface area contributed by atoms with Crippen LogP contribution in [0.3, 0.4) is 0 Å². The number of nitrogens with one attached hydrogen (secondary N) is 1. The minimum Gasteiger partial charge on any atom is -0.408 e. The number of aryl methyl sites for hydroxylation is 2. The van der Waals surface area contributed by atoms with Crippen LogP contribution in [0.15, 0.2) is 55.4 Å². The second-order valence-corrected chi connectivity index (χ2v) is 9.08. The van der Waals surface area contributed by atoms with E-state index in [1.165, 1.54) is 34.9 Å². The van der Waals surface area contributed by atoms with Gasteiger partial charge in [-0.15, -0.1) is 0 Å². The molecule has 1 aromatic heterocycles. The predicted octanol–water partition coefficient (Wildman–Crippen LogP) is 1.37. The summed E-state index contributed by atoms with van der Waals surface area (Å²) in [6, 6.07) is 7.84. The van der Waals surface area contributed by atoms with Crippen molar-refractivity contribution in [1.29, 1.82) is 0 Å². The molecule has 0 spiro atoms. The van der Waals surface area contributed by atoms with E-state index in [4.69, 9.17) is 9.56 Å². The summed E-state index contributed by atoms with van der Waals surface area (Å²) in [7, 11) is -7.87. The predicted molar refractivity (Wildman–Crippen MR) is 99.5 cm³/mol. The molecule has 1 heterocycles. The smallest absolute Gasteiger partial charge is 0.408 e. The lowest BCUT2D eigenvalue weighted by Gasteiger charge is -2.11. The van der Waals surface area contributed by atoms with Crippen LogP contribution in [0.25, 0.3) is 11.1 Å². The molecule has 0 radical (unpaired) electrons. The van der Waals surface area contributed by atoms with E-state index in [1.54, 1.807) is 19.9 Å². The van der Waals surface area contributed by atoms with Gasteiger partial charge in [0.1, 0.15) is 0 Å². The molecule has 0 saturated heterocycles.